The van der Waals surface area contributed by atoms with Crippen molar-refractivity contribution in [2.75, 3.05) is 20.2 Å². The topological polar surface area (TPSA) is 46.6 Å². The van der Waals surface area contributed by atoms with Crippen molar-refractivity contribution in [2.45, 2.75) is 27.2 Å². The molecule has 1 aromatic rings. The lowest BCUT2D eigenvalue weighted by Gasteiger charge is -2.24. The fraction of sp³-hybridized carbons (Fsp3) is 0.474. The number of carbonyl (C=O) groups is 2. The van der Waals surface area contributed by atoms with Crippen LogP contribution < -0.4 is 0 Å². The number of methoxy groups -OCH3 is 1. The smallest absolute Gasteiger partial charge is 0.310 e. The fourth-order valence-corrected chi connectivity index (χ4v) is 2.28. The molecule has 0 saturated carbocycles. The molecule has 1 rings (SSSR count). The fourth-order valence-electron chi connectivity index (χ4n) is 2.16. The molecule has 0 radical (unpaired) electrons. The Labute approximate surface area is 149 Å². The number of nitrogens with zero attached hydrogens (tertiary/aromatic N) is 1. The van der Waals surface area contributed by atoms with Crippen molar-refractivity contribution in [1.82, 2.24) is 4.90 Å². The lowest BCUT2D eigenvalue weighted by molar-refractivity contribution is -0.146. The summed E-state index contributed by atoms with van der Waals surface area (Å²) in [7, 11) is 1.36. The van der Waals surface area contributed by atoms with E-state index in [0.717, 1.165) is 12.0 Å². The number of hydrogen-bond acceptors (Lipinski definition) is 3. The molecular formula is C19H26ClNO3. The SMILES string of the molecule is COC(=O)C(C)CN(CCC(C)C)C(=O)/C=C/c1ccc(Cl)cc1. The van der Waals surface area contributed by atoms with Crippen LogP contribution in [-0.4, -0.2) is 37.0 Å². The van der Waals surface area contributed by atoms with Gasteiger partial charge in [-0.05, 0) is 36.1 Å². The maximum Gasteiger partial charge on any atom is 0.310 e. The van der Waals surface area contributed by atoms with Gasteiger partial charge in [0.05, 0.1) is 13.0 Å². The third kappa shape index (κ3) is 7.18. The Balaban J connectivity index is 2.77. The quantitative estimate of drug-likeness (QED) is 0.524. The van der Waals surface area contributed by atoms with Crippen molar-refractivity contribution in [3.05, 3.63) is 40.9 Å². The molecule has 0 aliphatic rings. The van der Waals surface area contributed by atoms with Crippen LogP contribution in [0.25, 0.3) is 6.08 Å². The Hall–Kier alpha value is -1.81. The molecule has 0 saturated heterocycles. The van der Waals surface area contributed by atoms with Gasteiger partial charge in [-0.15, -0.1) is 0 Å². The molecule has 4 nitrogen and oxygen atoms in total. The van der Waals surface area contributed by atoms with Crippen molar-refractivity contribution in [3.8, 4) is 0 Å². The summed E-state index contributed by atoms with van der Waals surface area (Å²) in [6.07, 6.45) is 4.17. The summed E-state index contributed by atoms with van der Waals surface area (Å²) in [5.74, 6) is -0.288. The zero-order valence-corrected chi connectivity index (χ0v) is 15.5. The number of carbonyl (C=O) groups excluding carboxylic acids is 2. The number of benzene rings is 1. The Morgan fingerprint density at radius 3 is 2.38 bits per heavy atom. The molecule has 0 N–H and O–H groups in total. The van der Waals surface area contributed by atoms with Crippen LogP contribution in [0.3, 0.4) is 0 Å². The van der Waals surface area contributed by atoms with E-state index in [1.807, 2.05) is 12.1 Å². The largest absolute Gasteiger partial charge is 0.469 e. The summed E-state index contributed by atoms with van der Waals surface area (Å²) in [5, 5.41) is 0.656. The second kappa shape index (κ2) is 10.1. The Bertz CT molecular complexity index is 566. The molecule has 5 heteroatoms. The van der Waals surface area contributed by atoms with E-state index in [1.54, 1.807) is 30.0 Å². The van der Waals surface area contributed by atoms with Gasteiger partial charge in [0.15, 0.2) is 0 Å². The summed E-state index contributed by atoms with van der Waals surface area (Å²) in [6.45, 7) is 6.95. The lowest BCUT2D eigenvalue weighted by Crippen LogP contribution is -2.37. The first-order valence-electron chi connectivity index (χ1n) is 8.13. The standard InChI is InChI=1S/C19H26ClNO3/c1-14(2)11-12-21(13-15(3)19(23)24-4)18(22)10-7-16-5-8-17(20)9-6-16/h5-10,14-15H,11-13H2,1-4H3/b10-7+. The Morgan fingerprint density at radius 1 is 1.21 bits per heavy atom. The van der Waals surface area contributed by atoms with E-state index in [9.17, 15) is 9.59 Å². The van der Waals surface area contributed by atoms with Crippen LogP contribution in [0.2, 0.25) is 5.02 Å². The zero-order valence-electron chi connectivity index (χ0n) is 14.8. The second-order valence-corrected chi connectivity index (χ2v) is 6.71. The molecule has 1 unspecified atom stereocenters. The summed E-state index contributed by atoms with van der Waals surface area (Å²) in [4.78, 5) is 25.8. The minimum Gasteiger partial charge on any atom is -0.469 e. The summed E-state index contributed by atoms with van der Waals surface area (Å²) >= 11 is 5.85. The van der Waals surface area contributed by atoms with Gasteiger partial charge in [0.2, 0.25) is 5.91 Å². The molecule has 0 heterocycles. The van der Waals surface area contributed by atoms with Crippen LogP contribution in [-0.2, 0) is 14.3 Å². The predicted octanol–water partition coefficient (Wildman–Crippen LogP) is 4.04. The molecule has 1 aromatic carbocycles. The van der Waals surface area contributed by atoms with Crippen molar-refractivity contribution in [1.29, 1.82) is 0 Å². The van der Waals surface area contributed by atoms with Gasteiger partial charge >= 0.3 is 5.97 Å². The van der Waals surface area contributed by atoms with Gasteiger partial charge in [-0.1, -0.05) is 44.5 Å². The van der Waals surface area contributed by atoms with Crippen molar-refractivity contribution >= 4 is 29.6 Å². The van der Waals surface area contributed by atoms with Crippen LogP contribution in [0, 0.1) is 11.8 Å². The highest BCUT2D eigenvalue weighted by Gasteiger charge is 2.20. The van der Waals surface area contributed by atoms with Gasteiger partial charge < -0.3 is 9.64 Å². The molecule has 0 aliphatic heterocycles. The second-order valence-electron chi connectivity index (χ2n) is 6.28. The molecule has 0 bridgehead atoms. The molecule has 0 aliphatic carbocycles. The van der Waals surface area contributed by atoms with Crippen LogP contribution in [0.1, 0.15) is 32.8 Å². The normalized spacial score (nSPS) is 12.4. The number of ether oxygens (including phenoxy) is 1. The number of esters is 1. The van der Waals surface area contributed by atoms with Gasteiger partial charge in [-0.3, -0.25) is 9.59 Å². The van der Waals surface area contributed by atoms with Crippen molar-refractivity contribution in [3.63, 3.8) is 0 Å². The average molecular weight is 352 g/mol. The lowest BCUT2D eigenvalue weighted by atomic mass is 10.1. The zero-order chi connectivity index (χ0) is 18.1. The number of hydrogen-bond donors (Lipinski definition) is 0. The molecule has 1 atom stereocenters. The summed E-state index contributed by atoms with van der Waals surface area (Å²) in [6, 6.07) is 7.26. The van der Waals surface area contributed by atoms with Gasteiger partial charge in [-0.25, -0.2) is 0 Å². The van der Waals surface area contributed by atoms with Crippen LogP contribution >= 0.6 is 11.6 Å². The van der Waals surface area contributed by atoms with E-state index >= 15 is 0 Å². The summed E-state index contributed by atoms with van der Waals surface area (Å²) < 4.78 is 4.75. The average Bonchev–Trinajstić information content (AvgIpc) is 2.56. The highest BCUT2D eigenvalue weighted by atomic mass is 35.5. The first-order valence-corrected chi connectivity index (χ1v) is 8.51. The molecule has 24 heavy (non-hydrogen) atoms. The van der Waals surface area contributed by atoms with E-state index in [1.165, 1.54) is 13.2 Å². The Morgan fingerprint density at radius 2 is 1.83 bits per heavy atom. The van der Waals surface area contributed by atoms with Gasteiger partial charge in [0, 0.05) is 24.2 Å². The minimum absolute atomic E-state index is 0.110. The highest BCUT2D eigenvalue weighted by molar-refractivity contribution is 6.30. The third-order valence-corrected chi connectivity index (χ3v) is 3.93. The molecule has 1 amide bonds. The van der Waals surface area contributed by atoms with Gasteiger partial charge in [0.1, 0.15) is 0 Å². The first kappa shape index (κ1) is 20.2. The van der Waals surface area contributed by atoms with E-state index in [4.69, 9.17) is 16.3 Å². The minimum atomic E-state index is -0.352. The molecule has 0 spiro atoms. The number of rotatable bonds is 8. The molecule has 132 valence electrons. The monoisotopic (exact) mass is 351 g/mol. The van der Waals surface area contributed by atoms with E-state index in [2.05, 4.69) is 13.8 Å². The van der Waals surface area contributed by atoms with E-state index in [-0.39, 0.29) is 17.8 Å². The van der Waals surface area contributed by atoms with Crippen LogP contribution in [0.15, 0.2) is 30.3 Å². The molecule has 0 fully saturated rings. The van der Waals surface area contributed by atoms with Gasteiger partial charge in [0.25, 0.3) is 0 Å². The maximum atomic E-state index is 12.5. The van der Waals surface area contributed by atoms with Crippen molar-refractivity contribution < 1.29 is 14.3 Å². The third-order valence-electron chi connectivity index (χ3n) is 3.67. The highest BCUT2D eigenvalue weighted by Crippen LogP contribution is 2.12. The number of amides is 1. The van der Waals surface area contributed by atoms with Crippen LogP contribution in [0.5, 0.6) is 0 Å². The van der Waals surface area contributed by atoms with E-state index in [0.29, 0.717) is 24.0 Å². The molecule has 0 aromatic heterocycles. The Kier molecular flexibility index (Phi) is 8.55. The van der Waals surface area contributed by atoms with Gasteiger partial charge in [-0.2, -0.15) is 0 Å². The predicted molar refractivity (Wildman–Crippen MR) is 97.7 cm³/mol. The number of halogens is 1. The maximum absolute atomic E-state index is 12.5. The first-order chi connectivity index (χ1) is 11.3. The van der Waals surface area contributed by atoms with Crippen LogP contribution in [0.4, 0.5) is 0 Å². The van der Waals surface area contributed by atoms with Crippen molar-refractivity contribution in [2.24, 2.45) is 11.8 Å². The summed E-state index contributed by atoms with van der Waals surface area (Å²) in [5.41, 5.74) is 0.901. The van der Waals surface area contributed by atoms with E-state index < -0.39 is 0 Å². The molecular weight excluding hydrogens is 326 g/mol.